The maximum absolute atomic E-state index is 13.5. The average molecular weight is 290 g/mol. The zero-order valence-electron chi connectivity index (χ0n) is 12.0. The highest BCUT2D eigenvalue weighted by Crippen LogP contribution is 2.34. The summed E-state index contributed by atoms with van der Waals surface area (Å²) < 4.78 is 23.4. The van der Waals surface area contributed by atoms with Gasteiger partial charge in [-0.2, -0.15) is 5.26 Å². The van der Waals surface area contributed by atoms with E-state index in [9.17, 15) is 9.18 Å². The lowest BCUT2D eigenvalue weighted by Gasteiger charge is -2.25. The standard InChI is InChI=1S/C15H15FN2O3/c1-5-21-14(19)15(2,13(9-17)18-3)10-6-7-11(16)12(8-10)20-4/h6-8,13H,5H2,1-2,4H3. The van der Waals surface area contributed by atoms with Gasteiger partial charge in [-0.1, -0.05) is 6.07 Å². The number of halogens is 1. The van der Waals surface area contributed by atoms with Gasteiger partial charge < -0.3 is 9.47 Å². The molecule has 5 nitrogen and oxygen atoms in total. The van der Waals surface area contributed by atoms with Gasteiger partial charge in [0.25, 0.3) is 0 Å². The van der Waals surface area contributed by atoms with Crippen LogP contribution in [0, 0.1) is 23.7 Å². The van der Waals surface area contributed by atoms with Crippen molar-refractivity contribution in [2.24, 2.45) is 0 Å². The van der Waals surface area contributed by atoms with Crippen molar-refractivity contribution < 1.29 is 18.7 Å². The van der Waals surface area contributed by atoms with Gasteiger partial charge >= 0.3 is 12.0 Å². The summed E-state index contributed by atoms with van der Waals surface area (Å²) in [5.74, 6) is -1.37. The van der Waals surface area contributed by atoms with E-state index in [1.807, 2.05) is 0 Å². The molecule has 0 aliphatic carbocycles. The molecule has 6 heteroatoms. The van der Waals surface area contributed by atoms with Crippen LogP contribution in [0.4, 0.5) is 4.39 Å². The van der Waals surface area contributed by atoms with Gasteiger partial charge in [-0.25, -0.2) is 11.0 Å². The van der Waals surface area contributed by atoms with Crippen LogP contribution in [0.3, 0.4) is 0 Å². The molecule has 0 heterocycles. The van der Waals surface area contributed by atoms with Crippen molar-refractivity contribution in [3.8, 4) is 11.8 Å². The average Bonchev–Trinajstić information content (AvgIpc) is 2.48. The summed E-state index contributed by atoms with van der Waals surface area (Å²) in [6.45, 7) is 10.3. The van der Waals surface area contributed by atoms with Gasteiger partial charge in [-0.05, 0) is 31.5 Å². The highest BCUT2D eigenvalue weighted by molar-refractivity contribution is 5.85. The van der Waals surface area contributed by atoms with E-state index in [4.69, 9.17) is 21.3 Å². The molecule has 0 aliphatic heterocycles. The van der Waals surface area contributed by atoms with E-state index in [0.717, 1.165) is 6.07 Å². The minimum Gasteiger partial charge on any atom is -0.494 e. The molecule has 1 aromatic rings. The van der Waals surface area contributed by atoms with Gasteiger partial charge in [0.05, 0.1) is 13.7 Å². The number of methoxy groups -OCH3 is 1. The summed E-state index contributed by atoms with van der Waals surface area (Å²) in [5, 5.41) is 9.14. The molecule has 0 spiro atoms. The fraction of sp³-hybridized carbons (Fsp3) is 0.400. The van der Waals surface area contributed by atoms with Crippen LogP contribution in [0.5, 0.6) is 5.75 Å². The first kappa shape index (κ1) is 16.5. The molecule has 2 unspecified atom stereocenters. The van der Waals surface area contributed by atoms with E-state index in [1.165, 1.54) is 26.2 Å². The minimum absolute atomic E-state index is 0.0651. The van der Waals surface area contributed by atoms with E-state index in [1.54, 1.807) is 13.0 Å². The second-order valence-electron chi connectivity index (χ2n) is 4.43. The van der Waals surface area contributed by atoms with Crippen LogP contribution in [-0.2, 0) is 14.9 Å². The Labute approximate surface area is 122 Å². The first-order chi connectivity index (χ1) is 9.95. The molecule has 0 saturated heterocycles. The molecular weight excluding hydrogens is 275 g/mol. The Morgan fingerprint density at radius 1 is 1.62 bits per heavy atom. The molecule has 0 N–H and O–H groups in total. The summed E-state index contributed by atoms with van der Waals surface area (Å²) in [6.07, 6.45) is 0. The first-order valence-corrected chi connectivity index (χ1v) is 6.23. The zero-order chi connectivity index (χ0) is 16.0. The van der Waals surface area contributed by atoms with Crippen LogP contribution < -0.4 is 4.74 Å². The monoisotopic (exact) mass is 290 g/mol. The largest absolute Gasteiger partial charge is 0.494 e. The number of nitrogens with zero attached hydrogens (tertiary/aromatic N) is 2. The zero-order valence-corrected chi connectivity index (χ0v) is 12.0. The second kappa shape index (κ2) is 6.71. The molecule has 2 atom stereocenters. The third kappa shape index (κ3) is 2.95. The Kier molecular flexibility index (Phi) is 5.26. The highest BCUT2D eigenvalue weighted by atomic mass is 19.1. The normalized spacial score (nSPS) is 14.2. The summed E-state index contributed by atoms with van der Waals surface area (Å²) >= 11 is 0. The molecule has 0 saturated carbocycles. The van der Waals surface area contributed by atoms with E-state index in [0.29, 0.717) is 5.56 Å². The molecule has 1 aromatic carbocycles. The third-order valence-corrected chi connectivity index (χ3v) is 3.25. The lowest BCUT2D eigenvalue weighted by Crippen LogP contribution is -2.43. The SMILES string of the molecule is [C-]#[N+]C(C#N)C(C)(C(=O)OCC)c1ccc(F)c(OC)c1. The number of ether oxygens (including phenoxy) is 2. The number of hydrogen-bond donors (Lipinski definition) is 0. The predicted molar refractivity (Wildman–Crippen MR) is 72.9 cm³/mol. The van der Waals surface area contributed by atoms with Crippen molar-refractivity contribution in [1.29, 1.82) is 5.26 Å². The second-order valence-corrected chi connectivity index (χ2v) is 4.43. The number of esters is 1. The Balaban J connectivity index is 3.48. The van der Waals surface area contributed by atoms with Gasteiger partial charge in [0, 0.05) is 0 Å². The summed E-state index contributed by atoms with van der Waals surface area (Å²) in [6, 6.07) is 4.29. The van der Waals surface area contributed by atoms with Gasteiger partial charge in [-0.3, -0.25) is 9.64 Å². The van der Waals surface area contributed by atoms with E-state index < -0.39 is 23.2 Å². The molecule has 0 aliphatic rings. The molecular formula is C15H15FN2O3. The van der Waals surface area contributed by atoms with Crippen molar-refractivity contribution in [3.63, 3.8) is 0 Å². The lowest BCUT2D eigenvalue weighted by atomic mass is 9.76. The topological polar surface area (TPSA) is 63.7 Å². The number of benzene rings is 1. The Hall–Kier alpha value is -2.60. The van der Waals surface area contributed by atoms with Gasteiger partial charge in [0.15, 0.2) is 23.1 Å². The molecule has 0 radical (unpaired) electrons. The van der Waals surface area contributed by atoms with E-state index in [2.05, 4.69) is 4.85 Å². The predicted octanol–water partition coefficient (Wildman–Crippen LogP) is 2.47. The molecule has 1 rings (SSSR count). The number of hydrogen-bond acceptors (Lipinski definition) is 4. The number of nitriles is 1. The molecule has 0 fully saturated rings. The van der Waals surface area contributed by atoms with Crippen LogP contribution in [0.25, 0.3) is 4.85 Å². The lowest BCUT2D eigenvalue weighted by molar-refractivity contribution is -0.149. The summed E-state index contributed by atoms with van der Waals surface area (Å²) in [4.78, 5) is 15.4. The number of carbonyl (C=O) groups is 1. The van der Waals surface area contributed by atoms with Crippen molar-refractivity contribution in [1.82, 2.24) is 0 Å². The quantitative estimate of drug-likeness (QED) is 0.617. The van der Waals surface area contributed by atoms with Crippen molar-refractivity contribution >= 4 is 5.97 Å². The van der Waals surface area contributed by atoms with Gasteiger partial charge in [-0.15, -0.1) is 0 Å². The first-order valence-electron chi connectivity index (χ1n) is 6.23. The molecule has 21 heavy (non-hydrogen) atoms. The number of rotatable bonds is 5. The smallest absolute Gasteiger partial charge is 0.326 e. The highest BCUT2D eigenvalue weighted by Gasteiger charge is 2.50. The molecule has 110 valence electrons. The summed E-state index contributed by atoms with van der Waals surface area (Å²) in [5.41, 5.74) is -1.23. The maximum atomic E-state index is 13.5. The van der Waals surface area contributed by atoms with Crippen LogP contribution in [0.2, 0.25) is 0 Å². The van der Waals surface area contributed by atoms with Crippen LogP contribution in [-0.4, -0.2) is 25.7 Å². The molecule has 0 amide bonds. The number of carbonyl (C=O) groups excluding carboxylic acids is 1. The Morgan fingerprint density at radius 3 is 2.76 bits per heavy atom. The van der Waals surface area contributed by atoms with E-state index in [-0.39, 0.29) is 12.4 Å². The van der Waals surface area contributed by atoms with Gasteiger partial charge in [0.2, 0.25) is 0 Å². The fourth-order valence-corrected chi connectivity index (χ4v) is 1.94. The molecule has 0 bridgehead atoms. The fourth-order valence-electron chi connectivity index (χ4n) is 1.94. The van der Waals surface area contributed by atoms with E-state index >= 15 is 0 Å². The van der Waals surface area contributed by atoms with Crippen LogP contribution in [0.1, 0.15) is 19.4 Å². The molecule has 0 aromatic heterocycles. The maximum Gasteiger partial charge on any atom is 0.326 e. The van der Waals surface area contributed by atoms with Crippen molar-refractivity contribution in [2.75, 3.05) is 13.7 Å². The minimum atomic E-state index is -1.52. The Bertz CT molecular complexity index is 604. The summed E-state index contributed by atoms with van der Waals surface area (Å²) in [7, 11) is 1.29. The third-order valence-electron chi connectivity index (χ3n) is 3.25. The van der Waals surface area contributed by atoms with Crippen LogP contribution >= 0.6 is 0 Å². The Morgan fingerprint density at radius 2 is 2.29 bits per heavy atom. The van der Waals surface area contributed by atoms with Crippen molar-refractivity contribution in [3.05, 3.63) is 41.0 Å². The van der Waals surface area contributed by atoms with Crippen molar-refractivity contribution in [2.45, 2.75) is 25.3 Å². The van der Waals surface area contributed by atoms with Gasteiger partial charge in [0.1, 0.15) is 0 Å². The van der Waals surface area contributed by atoms with Crippen LogP contribution in [0.15, 0.2) is 18.2 Å².